The van der Waals surface area contributed by atoms with Gasteiger partial charge in [-0.1, -0.05) is 19.1 Å². The number of thioether (sulfide) groups is 1. The third kappa shape index (κ3) is 2.99. The lowest BCUT2D eigenvalue weighted by molar-refractivity contribution is 0.356. The summed E-state index contributed by atoms with van der Waals surface area (Å²) < 4.78 is 5.61. The zero-order valence-electron chi connectivity index (χ0n) is 12.5. The lowest BCUT2D eigenvalue weighted by Crippen LogP contribution is -2.30. The Balaban J connectivity index is 1.67. The molecule has 1 saturated carbocycles. The topological polar surface area (TPSA) is 21.3 Å². The number of hydrogen-bond acceptors (Lipinski definition) is 3. The average Bonchev–Trinajstić information content (AvgIpc) is 3.12. The van der Waals surface area contributed by atoms with E-state index in [9.17, 15) is 0 Å². The molecule has 3 rings (SSSR count). The highest BCUT2D eigenvalue weighted by Crippen LogP contribution is 2.32. The molecular weight excluding hydrogens is 266 g/mol. The summed E-state index contributed by atoms with van der Waals surface area (Å²) >= 11 is 2.03. The van der Waals surface area contributed by atoms with E-state index in [4.69, 9.17) is 4.74 Å². The lowest BCUT2D eigenvalue weighted by Gasteiger charge is -2.23. The van der Waals surface area contributed by atoms with Gasteiger partial charge in [-0.15, -0.1) is 0 Å². The highest BCUT2D eigenvalue weighted by molar-refractivity contribution is 7.99. The molecule has 2 aliphatic rings. The van der Waals surface area contributed by atoms with Crippen LogP contribution in [0.5, 0.6) is 5.75 Å². The van der Waals surface area contributed by atoms with Crippen molar-refractivity contribution in [3.05, 3.63) is 29.3 Å². The molecule has 0 saturated heterocycles. The monoisotopic (exact) mass is 291 g/mol. The molecule has 1 N–H and O–H groups in total. The van der Waals surface area contributed by atoms with Crippen LogP contribution in [0.1, 0.15) is 49.8 Å². The molecule has 20 heavy (non-hydrogen) atoms. The standard InChI is InChI=1S/C17H25NOS/c1-3-16(18-14-5-6-15(11-14)20-2)12-4-7-17-13(10-12)8-9-19-17/h4,7,10,14-16,18H,3,5-6,8-9,11H2,1-2H3. The van der Waals surface area contributed by atoms with E-state index in [-0.39, 0.29) is 0 Å². The quantitative estimate of drug-likeness (QED) is 0.887. The van der Waals surface area contributed by atoms with Gasteiger partial charge in [-0.05, 0) is 49.1 Å². The minimum atomic E-state index is 0.492. The van der Waals surface area contributed by atoms with Crippen LogP contribution < -0.4 is 10.1 Å². The van der Waals surface area contributed by atoms with Crippen LogP contribution in [-0.4, -0.2) is 24.2 Å². The van der Waals surface area contributed by atoms with Crippen molar-refractivity contribution in [1.29, 1.82) is 0 Å². The summed E-state index contributed by atoms with van der Waals surface area (Å²) in [5, 5.41) is 4.74. The molecule has 0 bridgehead atoms. The molecule has 0 aromatic heterocycles. The summed E-state index contributed by atoms with van der Waals surface area (Å²) in [6.07, 6.45) is 8.48. The lowest BCUT2D eigenvalue weighted by atomic mass is 9.99. The molecule has 3 unspecified atom stereocenters. The molecule has 0 radical (unpaired) electrons. The van der Waals surface area contributed by atoms with Crippen LogP contribution >= 0.6 is 11.8 Å². The first-order valence-electron chi connectivity index (χ1n) is 7.84. The van der Waals surface area contributed by atoms with E-state index < -0.39 is 0 Å². The van der Waals surface area contributed by atoms with Crippen LogP contribution in [0.25, 0.3) is 0 Å². The molecule has 1 aliphatic heterocycles. The number of nitrogens with one attached hydrogen (secondary N) is 1. The van der Waals surface area contributed by atoms with Gasteiger partial charge < -0.3 is 10.1 Å². The van der Waals surface area contributed by atoms with E-state index in [2.05, 4.69) is 36.7 Å². The molecular formula is C17H25NOS. The number of rotatable bonds is 5. The fourth-order valence-electron chi connectivity index (χ4n) is 3.46. The highest BCUT2D eigenvalue weighted by atomic mass is 32.2. The van der Waals surface area contributed by atoms with Gasteiger partial charge in [-0.25, -0.2) is 0 Å². The van der Waals surface area contributed by atoms with E-state index in [1.54, 1.807) is 0 Å². The van der Waals surface area contributed by atoms with Crippen molar-refractivity contribution in [2.75, 3.05) is 12.9 Å². The molecule has 3 heteroatoms. The highest BCUT2D eigenvalue weighted by Gasteiger charge is 2.26. The van der Waals surface area contributed by atoms with Crippen LogP contribution in [0.15, 0.2) is 18.2 Å². The molecule has 0 amide bonds. The zero-order valence-corrected chi connectivity index (χ0v) is 13.3. The number of benzene rings is 1. The van der Waals surface area contributed by atoms with Crippen LogP contribution in [0, 0.1) is 0 Å². The summed E-state index contributed by atoms with van der Waals surface area (Å²) in [5.74, 6) is 1.09. The Labute approximate surface area is 126 Å². The largest absolute Gasteiger partial charge is 0.493 e. The molecule has 1 aliphatic carbocycles. The van der Waals surface area contributed by atoms with Gasteiger partial charge in [-0.3, -0.25) is 0 Å². The molecule has 0 spiro atoms. The first kappa shape index (κ1) is 14.3. The van der Waals surface area contributed by atoms with E-state index in [1.807, 2.05) is 11.8 Å². The molecule has 2 nitrogen and oxygen atoms in total. The second kappa shape index (κ2) is 6.40. The average molecular weight is 291 g/mol. The Morgan fingerprint density at radius 2 is 2.30 bits per heavy atom. The number of fused-ring (bicyclic) bond motifs is 1. The Kier molecular flexibility index (Phi) is 4.57. The van der Waals surface area contributed by atoms with Gasteiger partial charge in [0.1, 0.15) is 5.75 Å². The molecule has 1 aromatic carbocycles. The Bertz CT molecular complexity index is 462. The molecule has 1 fully saturated rings. The second-order valence-corrected chi connectivity index (χ2v) is 7.10. The Morgan fingerprint density at radius 1 is 1.40 bits per heavy atom. The first-order chi connectivity index (χ1) is 9.80. The molecule has 1 aromatic rings. The predicted molar refractivity (Wildman–Crippen MR) is 86.8 cm³/mol. The summed E-state index contributed by atoms with van der Waals surface area (Å²) in [4.78, 5) is 0. The van der Waals surface area contributed by atoms with Crippen molar-refractivity contribution >= 4 is 11.8 Å². The van der Waals surface area contributed by atoms with Crippen molar-refractivity contribution in [2.24, 2.45) is 0 Å². The minimum Gasteiger partial charge on any atom is -0.493 e. The zero-order chi connectivity index (χ0) is 13.9. The number of hydrogen-bond donors (Lipinski definition) is 1. The van der Waals surface area contributed by atoms with Gasteiger partial charge in [0.05, 0.1) is 6.61 Å². The fraction of sp³-hybridized carbons (Fsp3) is 0.647. The summed E-state index contributed by atoms with van der Waals surface area (Å²) in [7, 11) is 0. The van der Waals surface area contributed by atoms with Gasteiger partial charge in [-0.2, -0.15) is 11.8 Å². The fourth-order valence-corrected chi connectivity index (χ4v) is 4.26. The van der Waals surface area contributed by atoms with Crippen LogP contribution in [0.2, 0.25) is 0 Å². The maximum absolute atomic E-state index is 5.61. The minimum absolute atomic E-state index is 0.492. The molecule has 3 atom stereocenters. The van der Waals surface area contributed by atoms with Crippen LogP contribution in [0.4, 0.5) is 0 Å². The van der Waals surface area contributed by atoms with E-state index >= 15 is 0 Å². The Morgan fingerprint density at radius 3 is 3.05 bits per heavy atom. The normalized spacial score (nSPS) is 26.3. The van der Waals surface area contributed by atoms with Crippen molar-refractivity contribution in [3.8, 4) is 5.75 Å². The molecule has 1 heterocycles. The van der Waals surface area contributed by atoms with Crippen molar-refractivity contribution in [1.82, 2.24) is 5.32 Å². The van der Waals surface area contributed by atoms with Gasteiger partial charge in [0.25, 0.3) is 0 Å². The van der Waals surface area contributed by atoms with Crippen LogP contribution in [0.3, 0.4) is 0 Å². The summed E-state index contributed by atoms with van der Waals surface area (Å²) in [6, 6.07) is 7.94. The second-order valence-electron chi connectivity index (χ2n) is 5.96. The summed E-state index contributed by atoms with van der Waals surface area (Å²) in [5.41, 5.74) is 2.82. The van der Waals surface area contributed by atoms with Crippen molar-refractivity contribution in [2.45, 2.75) is 56.4 Å². The van der Waals surface area contributed by atoms with E-state index in [1.165, 1.54) is 30.4 Å². The first-order valence-corrected chi connectivity index (χ1v) is 9.13. The smallest absolute Gasteiger partial charge is 0.122 e. The number of ether oxygens (including phenoxy) is 1. The third-order valence-electron chi connectivity index (χ3n) is 4.68. The SMILES string of the molecule is CCC(NC1CCC(SC)C1)c1ccc2c(c1)CCO2. The van der Waals surface area contributed by atoms with Gasteiger partial charge in [0, 0.05) is 23.8 Å². The van der Waals surface area contributed by atoms with Crippen molar-refractivity contribution < 1.29 is 4.74 Å². The maximum Gasteiger partial charge on any atom is 0.122 e. The van der Waals surface area contributed by atoms with Gasteiger partial charge in [0.15, 0.2) is 0 Å². The maximum atomic E-state index is 5.61. The Hall–Kier alpha value is -0.670. The van der Waals surface area contributed by atoms with E-state index in [0.29, 0.717) is 12.1 Å². The summed E-state index contributed by atoms with van der Waals surface area (Å²) in [6.45, 7) is 3.13. The van der Waals surface area contributed by atoms with Crippen LogP contribution in [-0.2, 0) is 6.42 Å². The van der Waals surface area contributed by atoms with Gasteiger partial charge >= 0.3 is 0 Å². The van der Waals surface area contributed by atoms with Gasteiger partial charge in [0.2, 0.25) is 0 Å². The van der Waals surface area contributed by atoms with Crippen molar-refractivity contribution in [3.63, 3.8) is 0 Å². The molecule has 110 valence electrons. The third-order valence-corrected chi connectivity index (χ3v) is 5.77. The van der Waals surface area contributed by atoms with E-state index in [0.717, 1.165) is 30.4 Å². The predicted octanol–water partition coefficient (Wildman–Crippen LogP) is 3.95.